The summed E-state index contributed by atoms with van der Waals surface area (Å²) in [5, 5.41) is 0. The fourth-order valence-corrected chi connectivity index (χ4v) is 3.23. The fourth-order valence-electron chi connectivity index (χ4n) is 3.23. The smallest absolute Gasteiger partial charge is 0.263 e. The number of nitrogens with zero attached hydrogens (tertiary/aromatic N) is 1. The van der Waals surface area contributed by atoms with E-state index in [0.717, 1.165) is 18.7 Å². The van der Waals surface area contributed by atoms with Crippen LogP contribution in [0.2, 0.25) is 0 Å². The van der Waals surface area contributed by atoms with Gasteiger partial charge in [0.1, 0.15) is 5.75 Å². The lowest BCUT2D eigenvalue weighted by Crippen LogP contribution is -2.43. The van der Waals surface area contributed by atoms with Crippen LogP contribution in [0.3, 0.4) is 0 Å². The van der Waals surface area contributed by atoms with E-state index in [1.165, 1.54) is 16.7 Å². The predicted molar refractivity (Wildman–Crippen MR) is 101 cm³/mol. The maximum atomic E-state index is 12.7. The van der Waals surface area contributed by atoms with Gasteiger partial charge in [0, 0.05) is 13.1 Å². The first-order chi connectivity index (χ1) is 11.8. The molecule has 1 amide bonds. The highest BCUT2D eigenvalue weighted by Crippen LogP contribution is 2.25. The van der Waals surface area contributed by atoms with Gasteiger partial charge in [0.15, 0.2) is 6.10 Å². The molecule has 3 heteroatoms. The molecular formula is C22H27NO2. The van der Waals surface area contributed by atoms with E-state index in [4.69, 9.17) is 4.74 Å². The summed E-state index contributed by atoms with van der Waals surface area (Å²) >= 11 is 0. The summed E-state index contributed by atoms with van der Waals surface area (Å²) in [4.78, 5) is 14.6. The number of carbonyl (C=O) groups is 1. The molecule has 132 valence electrons. The molecule has 0 aromatic heterocycles. The molecule has 0 fully saturated rings. The van der Waals surface area contributed by atoms with E-state index in [1.807, 2.05) is 30.0 Å². The van der Waals surface area contributed by atoms with Crippen LogP contribution in [-0.2, 0) is 23.2 Å². The SMILES string of the molecule is CC(Oc1ccc(C(C)(C)C)cc1)C(=O)N1CCc2ccccc2C1. The zero-order valence-electron chi connectivity index (χ0n) is 15.6. The van der Waals surface area contributed by atoms with Crippen LogP contribution in [0, 0.1) is 0 Å². The van der Waals surface area contributed by atoms with E-state index in [9.17, 15) is 4.79 Å². The standard InChI is InChI=1S/C22H27NO2/c1-16(25-20-11-9-19(10-12-20)22(2,3)4)21(24)23-14-13-17-7-5-6-8-18(17)15-23/h5-12,16H,13-15H2,1-4H3. The molecule has 0 radical (unpaired) electrons. The number of amides is 1. The van der Waals surface area contributed by atoms with Gasteiger partial charge in [-0.05, 0) is 47.6 Å². The van der Waals surface area contributed by atoms with Crippen molar-refractivity contribution >= 4 is 5.91 Å². The van der Waals surface area contributed by atoms with Crippen LogP contribution >= 0.6 is 0 Å². The van der Waals surface area contributed by atoms with Crippen molar-refractivity contribution in [2.24, 2.45) is 0 Å². The van der Waals surface area contributed by atoms with E-state index in [-0.39, 0.29) is 11.3 Å². The maximum Gasteiger partial charge on any atom is 0.263 e. The van der Waals surface area contributed by atoms with Crippen LogP contribution in [-0.4, -0.2) is 23.5 Å². The van der Waals surface area contributed by atoms with Crippen molar-refractivity contribution in [1.82, 2.24) is 4.90 Å². The van der Waals surface area contributed by atoms with E-state index in [0.29, 0.717) is 6.54 Å². The Balaban J connectivity index is 1.63. The maximum absolute atomic E-state index is 12.7. The minimum absolute atomic E-state index is 0.0504. The number of carbonyl (C=O) groups excluding carboxylic acids is 1. The summed E-state index contributed by atoms with van der Waals surface area (Å²) in [7, 11) is 0. The Hall–Kier alpha value is -2.29. The van der Waals surface area contributed by atoms with Gasteiger partial charge >= 0.3 is 0 Å². The lowest BCUT2D eigenvalue weighted by molar-refractivity contribution is -0.138. The van der Waals surface area contributed by atoms with Gasteiger partial charge in [0.05, 0.1) is 0 Å². The Bertz CT molecular complexity index is 743. The van der Waals surface area contributed by atoms with Crippen molar-refractivity contribution in [1.29, 1.82) is 0 Å². The number of rotatable bonds is 3. The van der Waals surface area contributed by atoms with Crippen molar-refractivity contribution < 1.29 is 9.53 Å². The quantitative estimate of drug-likeness (QED) is 0.834. The zero-order valence-corrected chi connectivity index (χ0v) is 15.6. The lowest BCUT2D eigenvalue weighted by atomic mass is 9.87. The Kier molecular flexibility index (Phi) is 4.85. The van der Waals surface area contributed by atoms with Crippen LogP contribution in [0.5, 0.6) is 5.75 Å². The number of hydrogen-bond acceptors (Lipinski definition) is 2. The first-order valence-corrected chi connectivity index (χ1v) is 8.97. The third-order valence-electron chi connectivity index (χ3n) is 4.82. The van der Waals surface area contributed by atoms with Gasteiger partial charge in [-0.3, -0.25) is 4.79 Å². The summed E-state index contributed by atoms with van der Waals surface area (Å²) in [5.41, 5.74) is 3.95. The molecule has 1 aliphatic heterocycles. The normalized spacial score (nSPS) is 15.4. The molecule has 2 aromatic rings. The second kappa shape index (κ2) is 6.91. The Labute approximate surface area is 150 Å². The zero-order chi connectivity index (χ0) is 18.0. The molecule has 0 saturated carbocycles. The van der Waals surface area contributed by atoms with Crippen LogP contribution in [0.4, 0.5) is 0 Å². The van der Waals surface area contributed by atoms with Crippen molar-refractivity contribution in [3.63, 3.8) is 0 Å². The van der Waals surface area contributed by atoms with E-state index < -0.39 is 6.10 Å². The second-order valence-electron chi connectivity index (χ2n) is 7.81. The summed E-state index contributed by atoms with van der Waals surface area (Å²) < 4.78 is 5.89. The number of ether oxygens (including phenoxy) is 1. The van der Waals surface area contributed by atoms with Crippen LogP contribution in [0.1, 0.15) is 44.4 Å². The molecule has 0 bridgehead atoms. The Morgan fingerprint density at radius 2 is 1.68 bits per heavy atom. The second-order valence-corrected chi connectivity index (χ2v) is 7.81. The van der Waals surface area contributed by atoms with Crippen molar-refractivity contribution in [3.8, 4) is 5.75 Å². The molecule has 3 rings (SSSR count). The molecule has 1 unspecified atom stereocenters. The highest BCUT2D eigenvalue weighted by Gasteiger charge is 2.25. The molecular weight excluding hydrogens is 310 g/mol. The third kappa shape index (κ3) is 4.04. The highest BCUT2D eigenvalue weighted by molar-refractivity contribution is 5.81. The van der Waals surface area contributed by atoms with Crippen LogP contribution in [0.15, 0.2) is 48.5 Å². The Morgan fingerprint density at radius 1 is 1.04 bits per heavy atom. The topological polar surface area (TPSA) is 29.5 Å². The first kappa shape index (κ1) is 17.5. The van der Waals surface area contributed by atoms with Crippen LogP contribution in [0.25, 0.3) is 0 Å². The lowest BCUT2D eigenvalue weighted by Gasteiger charge is -2.31. The summed E-state index contributed by atoms with van der Waals surface area (Å²) in [6, 6.07) is 16.4. The van der Waals surface area contributed by atoms with Gasteiger partial charge in [-0.1, -0.05) is 57.2 Å². The molecule has 25 heavy (non-hydrogen) atoms. The monoisotopic (exact) mass is 337 g/mol. The average Bonchev–Trinajstić information content (AvgIpc) is 2.60. The minimum atomic E-state index is -0.481. The van der Waals surface area contributed by atoms with Gasteiger partial charge in [-0.15, -0.1) is 0 Å². The molecule has 0 aliphatic carbocycles. The average molecular weight is 337 g/mol. The summed E-state index contributed by atoms with van der Waals surface area (Å²) in [5.74, 6) is 0.792. The molecule has 0 spiro atoms. The number of hydrogen-bond donors (Lipinski definition) is 0. The number of benzene rings is 2. The molecule has 1 aliphatic rings. The van der Waals surface area contributed by atoms with Crippen molar-refractivity contribution in [2.75, 3.05) is 6.54 Å². The molecule has 0 saturated heterocycles. The van der Waals surface area contributed by atoms with Gasteiger partial charge in [-0.25, -0.2) is 0 Å². The predicted octanol–water partition coefficient (Wildman–Crippen LogP) is 4.34. The van der Waals surface area contributed by atoms with Gasteiger partial charge in [0.25, 0.3) is 5.91 Å². The summed E-state index contributed by atoms with van der Waals surface area (Å²) in [6.45, 7) is 9.81. The van der Waals surface area contributed by atoms with Crippen LogP contribution < -0.4 is 4.74 Å². The van der Waals surface area contributed by atoms with Gasteiger partial charge in [0.2, 0.25) is 0 Å². The van der Waals surface area contributed by atoms with Crippen molar-refractivity contribution in [3.05, 3.63) is 65.2 Å². The largest absolute Gasteiger partial charge is 0.481 e. The molecule has 1 atom stereocenters. The van der Waals surface area contributed by atoms with Gasteiger partial charge in [-0.2, -0.15) is 0 Å². The minimum Gasteiger partial charge on any atom is -0.481 e. The Morgan fingerprint density at radius 3 is 2.32 bits per heavy atom. The van der Waals surface area contributed by atoms with E-state index in [2.05, 4.69) is 51.1 Å². The molecule has 1 heterocycles. The summed E-state index contributed by atoms with van der Waals surface area (Å²) in [6.07, 6.45) is 0.431. The first-order valence-electron chi connectivity index (χ1n) is 8.97. The van der Waals surface area contributed by atoms with E-state index in [1.54, 1.807) is 0 Å². The molecule has 3 nitrogen and oxygen atoms in total. The van der Waals surface area contributed by atoms with Crippen molar-refractivity contribution in [2.45, 2.75) is 52.2 Å². The highest BCUT2D eigenvalue weighted by atomic mass is 16.5. The number of fused-ring (bicyclic) bond motifs is 1. The fraction of sp³-hybridized carbons (Fsp3) is 0.409. The third-order valence-corrected chi connectivity index (χ3v) is 4.82. The molecule has 2 aromatic carbocycles. The van der Waals surface area contributed by atoms with E-state index >= 15 is 0 Å². The van der Waals surface area contributed by atoms with Gasteiger partial charge < -0.3 is 9.64 Å². The molecule has 0 N–H and O–H groups in total.